The largest absolute Gasteiger partial charge is 0.253 e. The van der Waals surface area contributed by atoms with Crippen LogP contribution in [0.1, 0.15) is 17.2 Å². The number of anilines is 1. The van der Waals surface area contributed by atoms with Crippen molar-refractivity contribution >= 4 is 18.0 Å². The molecule has 0 amide bonds. The van der Waals surface area contributed by atoms with E-state index in [-0.39, 0.29) is 6.04 Å². The standard InChI is InChI=1S/C16H12N2/c1-2-7-14(8-3-1)18-16-13(11-17-18)10-12-6-4-5-9-15(12)16/h1-11,16H. The lowest BCUT2D eigenvalue weighted by Crippen LogP contribution is -2.18. The highest BCUT2D eigenvalue weighted by atomic mass is 15.5. The number of hydrazone groups is 1. The van der Waals surface area contributed by atoms with E-state index >= 15 is 0 Å². The number of hydrogen-bond donors (Lipinski definition) is 0. The van der Waals surface area contributed by atoms with Crippen molar-refractivity contribution in [1.29, 1.82) is 0 Å². The minimum Gasteiger partial charge on any atom is -0.253 e. The molecule has 1 unspecified atom stereocenters. The van der Waals surface area contributed by atoms with Crippen LogP contribution in [0.5, 0.6) is 0 Å². The van der Waals surface area contributed by atoms with Crippen LogP contribution in [0.3, 0.4) is 0 Å². The number of nitrogens with zero attached hydrogens (tertiary/aromatic N) is 2. The molecule has 0 bridgehead atoms. The Morgan fingerprint density at radius 1 is 0.889 bits per heavy atom. The molecule has 0 fully saturated rings. The quantitative estimate of drug-likeness (QED) is 0.733. The lowest BCUT2D eigenvalue weighted by molar-refractivity contribution is 0.790. The Hall–Kier alpha value is -2.35. The van der Waals surface area contributed by atoms with E-state index in [1.807, 2.05) is 24.4 Å². The molecule has 86 valence electrons. The van der Waals surface area contributed by atoms with Crippen LogP contribution in [-0.4, -0.2) is 6.21 Å². The van der Waals surface area contributed by atoms with Crippen LogP contribution in [0.15, 0.2) is 65.3 Å². The molecule has 2 aliphatic rings. The summed E-state index contributed by atoms with van der Waals surface area (Å²) in [6.07, 6.45) is 4.20. The molecular formula is C16H12N2. The third-order valence-corrected chi connectivity index (χ3v) is 3.53. The molecule has 1 heterocycles. The van der Waals surface area contributed by atoms with Gasteiger partial charge in [-0.05, 0) is 29.3 Å². The molecule has 1 aliphatic carbocycles. The Kier molecular flexibility index (Phi) is 1.92. The molecule has 4 rings (SSSR count). The summed E-state index contributed by atoms with van der Waals surface area (Å²) in [5.41, 5.74) is 5.07. The molecule has 2 heteroatoms. The van der Waals surface area contributed by atoms with Crippen LogP contribution in [-0.2, 0) is 0 Å². The molecule has 1 aliphatic heterocycles. The van der Waals surface area contributed by atoms with Crippen molar-refractivity contribution in [2.45, 2.75) is 6.04 Å². The number of rotatable bonds is 1. The fourth-order valence-corrected chi connectivity index (χ4v) is 2.70. The Morgan fingerprint density at radius 2 is 1.67 bits per heavy atom. The van der Waals surface area contributed by atoms with Gasteiger partial charge in [0.05, 0.1) is 11.9 Å². The molecule has 0 saturated carbocycles. The Bertz CT molecular complexity index is 656. The van der Waals surface area contributed by atoms with Crippen LogP contribution in [0.4, 0.5) is 5.69 Å². The zero-order chi connectivity index (χ0) is 11.9. The van der Waals surface area contributed by atoms with Gasteiger partial charge in [0.15, 0.2) is 0 Å². The molecule has 0 spiro atoms. The van der Waals surface area contributed by atoms with Gasteiger partial charge in [-0.2, -0.15) is 5.10 Å². The zero-order valence-corrected chi connectivity index (χ0v) is 9.82. The van der Waals surface area contributed by atoms with Gasteiger partial charge in [-0.1, -0.05) is 42.5 Å². The lowest BCUT2D eigenvalue weighted by atomic mass is 10.0. The highest BCUT2D eigenvalue weighted by Gasteiger charge is 2.33. The number of benzene rings is 2. The monoisotopic (exact) mass is 232 g/mol. The van der Waals surface area contributed by atoms with Gasteiger partial charge in [-0.3, -0.25) is 5.01 Å². The number of para-hydroxylation sites is 1. The smallest absolute Gasteiger partial charge is 0.105 e. The van der Waals surface area contributed by atoms with E-state index in [1.54, 1.807) is 0 Å². The minimum absolute atomic E-state index is 0.253. The van der Waals surface area contributed by atoms with Crippen molar-refractivity contribution in [1.82, 2.24) is 0 Å². The first-order chi connectivity index (χ1) is 8.93. The topological polar surface area (TPSA) is 15.6 Å². The molecule has 0 aromatic heterocycles. The first kappa shape index (κ1) is 9.66. The Balaban J connectivity index is 1.83. The summed E-state index contributed by atoms with van der Waals surface area (Å²) < 4.78 is 0. The molecule has 1 atom stereocenters. The number of fused-ring (bicyclic) bond motifs is 3. The summed E-state index contributed by atoms with van der Waals surface area (Å²) in [4.78, 5) is 0. The molecule has 0 N–H and O–H groups in total. The van der Waals surface area contributed by atoms with Gasteiger partial charge < -0.3 is 0 Å². The van der Waals surface area contributed by atoms with Crippen molar-refractivity contribution in [3.8, 4) is 0 Å². The summed E-state index contributed by atoms with van der Waals surface area (Å²) in [5, 5.41) is 6.62. The second kappa shape index (κ2) is 3.57. The minimum atomic E-state index is 0.253. The van der Waals surface area contributed by atoms with E-state index in [4.69, 9.17) is 0 Å². The lowest BCUT2D eigenvalue weighted by Gasteiger charge is -2.23. The first-order valence-electron chi connectivity index (χ1n) is 6.12. The highest BCUT2D eigenvalue weighted by molar-refractivity contribution is 5.95. The maximum atomic E-state index is 4.53. The zero-order valence-electron chi connectivity index (χ0n) is 9.82. The van der Waals surface area contributed by atoms with Crippen LogP contribution >= 0.6 is 0 Å². The fourth-order valence-electron chi connectivity index (χ4n) is 2.70. The molecule has 2 aromatic rings. The third kappa shape index (κ3) is 1.26. The van der Waals surface area contributed by atoms with Crippen molar-refractivity contribution in [3.05, 3.63) is 71.3 Å². The van der Waals surface area contributed by atoms with Crippen LogP contribution in [0.2, 0.25) is 0 Å². The molecule has 18 heavy (non-hydrogen) atoms. The summed E-state index contributed by atoms with van der Waals surface area (Å²) >= 11 is 0. The molecule has 2 nitrogen and oxygen atoms in total. The van der Waals surface area contributed by atoms with Crippen LogP contribution < -0.4 is 5.01 Å². The SMILES string of the molecule is C1=NN(c2ccccc2)C2C1=Cc1ccccc12. The Morgan fingerprint density at radius 3 is 2.56 bits per heavy atom. The van der Waals surface area contributed by atoms with Crippen molar-refractivity contribution in [3.63, 3.8) is 0 Å². The summed E-state index contributed by atoms with van der Waals surface area (Å²) in [7, 11) is 0. The second-order valence-corrected chi connectivity index (χ2v) is 4.60. The third-order valence-electron chi connectivity index (χ3n) is 3.53. The fraction of sp³-hybridized carbons (Fsp3) is 0.0625. The molecular weight excluding hydrogens is 220 g/mol. The first-order valence-corrected chi connectivity index (χ1v) is 6.12. The summed E-state index contributed by atoms with van der Waals surface area (Å²) in [5.74, 6) is 0. The van der Waals surface area contributed by atoms with Gasteiger partial charge in [0, 0.05) is 5.57 Å². The maximum Gasteiger partial charge on any atom is 0.105 e. The second-order valence-electron chi connectivity index (χ2n) is 4.60. The maximum absolute atomic E-state index is 4.53. The summed E-state index contributed by atoms with van der Waals surface area (Å²) in [6, 6.07) is 19.1. The predicted octanol–water partition coefficient (Wildman–Crippen LogP) is 3.63. The molecule has 0 saturated heterocycles. The van der Waals surface area contributed by atoms with Crippen LogP contribution in [0.25, 0.3) is 6.08 Å². The van der Waals surface area contributed by atoms with Gasteiger partial charge >= 0.3 is 0 Å². The van der Waals surface area contributed by atoms with Gasteiger partial charge in [0.1, 0.15) is 6.04 Å². The molecule has 2 aromatic carbocycles. The van der Waals surface area contributed by atoms with Crippen molar-refractivity contribution in [2.75, 3.05) is 5.01 Å². The normalized spacial score (nSPS) is 19.7. The van der Waals surface area contributed by atoms with E-state index in [2.05, 4.69) is 52.6 Å². The van der Waals surface area contributed by atoms with Gasteiger partial charge in [0.25, 0.3) is 0 Å². The van der Waals surface area contributed by atoms with Gasteiger partial charge in [-0.15, -0.1) is 0 Å². The van der Waals surface area contributed by atoms with Crippen LogP contribution in [0, 0.1) is 0 Å². The van der Waals surface area contributed by atoms with E-state index in [9.17, 15) is 0 Å². The average Bonchev–Trinajstić information content (AvgIpc) is 2.98. The van der Waals surface area contributed by atoms with E-state index in [0.717, 1.165) is 5.69 Å². The predicted molar refractivity (Wildman–Crippen MR) is 74.6 cm³/mol. The van der Waals surface area contributed by atoms with Gasteiger partial charge in [-0.25, -0.2) is 0 Å². The highest BCUT2D eigenvalue weighted by Crippen LogP contribution is 2.43. The van der Waals surface area contributed by atoms with Gasteiger partial charge in [0.2, 0.25) is 0 Å². The Labute approximate surface area is 106 Å². The molecule has 0 radical (unpaired) electrons. The average molecular weight is 232 g/mol. The van der Waals surface area contributed by atoms with Crippen molar-refractivity contribution in [2.24, 2.45) is 5.10 Å². The van der Waals surface area contributed by atoms with E-state index < -0.39 is 0 Å². The van der Waals surface area contributed by atoms with E-state index in [0.29, 0.717) is 0 Å². The van der Waals surface area contributed by atoms with Crippen molar-refractivity contribution < 1.29 is 0 Å². The number of hydrogen-bond acceptors (Lipinski definition) is 2. The van der Waals surface area contributed by atoms with E-state index in [1.165, 1.54) is 16.7 Å². The summed E-state index contributed by atoms with van der Waals surface area (Å²) in [6.45, 7) is 0.